The Balaban J connectivity index is 1.64. The second-order valence-electron chi connectivity index (χ2n) is 5.14. The molecule has 1 saturated heterocycles. The molecule has 3 rings (SSSR count). The molecule has 2 aromatic rings. The maximum absolute atomic E-state index is 5.40. The number of anilines is 2. The first-order valence-electron chi connectivity index (χ1n) is 7.25. The van der Waals surface area contributed by atoms with Crippen LogP contribution in [0.15, 0.2) is 36.7 Å². The second kappa shape index (κ2) is 6.54. The molecule has 2 heterocycles. The molecular weight excluding hydrogens is 264 g/mol. The Bertz CT molecular complexity index is 579. The number of hydrogen-bond acceptors (Lipinski definition) is 5. The standard InChI is InChI=1S/C16H20N4O/c1-13-17-10-14(11-18-13)12-19-15-3-2-4-16(9-15)20-5-7-21-8-6-20/h2-4,9-11,19H,5-8,12H2,1H3. The van der Waals surface area contributed by atoms with Crippen molar-refractivity contribution in [3.05, 3.63) is 48.0 Å². The molecule has 1 aliphatic rings. The third-order valence-corrected chi connectivity index (χ3v) is 3.55. The molecular formula is C16H20N4O. The predicted molar refractivity (Wildman–Crippen MR) is 83.6 cm³/mol. The Morgan fingerprint density at radius 3 is 2.71 bits per heavy atom. The first-order chi connectivity index (χ1) is 10.3. The van der Waals surface area contributed by atoms with Gasteiger partial charge in [-0.05, 0) is 25.1 Å². The molecule has 5 heteroatoms. The van der Waals surface area contributed by atoms with Crippen molar-refractivity contribution < 1.29 is 4.74 Å². The average Bonchev–Trinajstić information content (AvgIpc) is 2.55. The lowest BCUT2D eigenvalue weighted by molar-refractivity contribution is 0.122. The minimum atomic E-state index is 0.729. The van der Waals surface area contributed by atoms with Gasteiger partial charge in [-0.15, -0.1) is 0 Å². The van der Waals surface area contributed by atoms with Gasteiger partial charge in [-0.1, -0.05) is 6.07 Å². The SMILES string of the molecule is Cc1ncc(CNc2cccc(N3CCOCC3)c2)cn1. The summed E-state index contributed by atoms with van der Waals surface area (Å²) in [6.07, 6.45) is 3.72. The van der Waals surface area contributed by atoms with Gasteiger partial charge in [-0.25, -0.2) is 9.97 Å². The van der Waals surface area contributed by atoms with Crippen LogP contribution < -0.4 is 10.2 Å². The highest BCUT2D eigenvalue weighted by Gasteiger charge is 2.11. The number of benzene rings is 1. The van der Waals surface area contributed by atoms with E-state index in [-0.39, 0.29) is 0 Å². The molecule has 1 fully saturated rings. The molecule has 0 atom stereocenters. The lowest BCUT2D eigenvalue weighted by atomic mass is 10.2. The molecule has 0 unspecified atom stereocenters. The molecule has 5 nitrogen and oxygen atoms in total. The molecule has 0 aliphatic carbocycles. The van der Waals surface area contributed by atoms with Crippen LogP contribution in [0.1, 0.15) is 11.4 Å². The van der Waals surface area contributed by atoms with Crippen molar-refractivity contribution in [3.63, 3.8) is 0 Å². The van der Waals surface area contributed by atoms with Crippen molar-refractivity contribution in [2.45, 2.75) is 13.5 Å². The number of morpholine rings is 1. The number of aryl methyl sites for hydroxylation is 1. The van der Waals surface area contributed by atoms with Gasteiger partial charge in [0.15, 0.2) is 0 Å². The fourth-order valence-corrected chi connectivity index (χ4v) is 2.35. The minimum absolute atomic E-state index is 0.729. The zero-order chi connectivity index (χ0) is 14.5. The van der Waals surface area contributed by atoms with Gasteiger partial charge in [0.05, 0.1) is 13.2 Å². The average molecular weight is 284 g/mol. The van der Waals surface area contributed by atoms with E-state index >= 15 is 0 Å². The molecule has 110 valence electrons. The highest BCUT2D eigenvalue weighted by Crippen LogP contribution is 2.20. The number of nitrogens with one attached hydrogen (secondary N) is 1. The van der Waals surface area contributed by atoms with Crippen molar-refractivity contribution in [3.8, 4) is 0 Å². The fraction of sp³-hybridized carbons (Fsp3) is 0.375. The van der Waals surface area contributed by atoms with Crippen molar-refractivity contribution in [2.24, 2.45) is 0 Å². The van der Waals surface area contributed by atoms with Gasteiger partial charge in [-0.3, -0.25) is 0 Å². The van der Waals surface area contributed by atoms with E-state index in [0.29, 0.717) is 0 Å². The van der Waals surface area contributed by atoms with Crippen LogP contribution in [0.2, 0.25) is 0 Å². The lowest BCUT2D eigenvalue weighted by Gasteiger charge is -2.29. The van der Waals surface area contributed by atoms with Gasteiger partial charge in [-0.2, -0.15) is 0 Å². The van der Waals surface area contributed by atoms with Crippen LogP contribution >= 0.6 is 0 Å². The van der Waals surface area contributed by atoms with E-state index in [1.165, 1.54) is 5.69 Å². The van der Waals surface area contributed by atoms with Crippen LogP contribution in [0.5, 0.6) is 0 Å². The molecule has 0 saturated carbocycles. The molecule has 21 heavy (non-hydrogen) atoms. The van der Waals surface area contributed by atoms with Crippen molar-refractivity contribution in [1.29, 1.82) is 0 Å². The highest BCUT2D eigenvalue weighted by atomic mass is 16.5. The van der Waals surface area contributed by atoms with E-state index in [4.69, 9.17) is 4.74 Å². The molecule has 1 N–H and O–H groups in total. The van der Waals surface area contributed by atoms with E-state index in [1.807, 2.05) is 19.3 Å². The van der Waals surface area contributed by atoms with E-state index < -0.39 is 0 Å². The van der Waals surface area contributed by atoms with Crippen LogP contribution in [0, 0.1) is 6.92 Å². The minimum Gasteiger partial charge on any atom is -0.381 e. The largest absolute Gasteiger partial charge is 0.381 e. The monoisotopic (exact) mass is 284 g/mol. The Labute approximate surface area is 125 Å². The normalized spacial score (nSPS) is 15.0. The fourth-order valence-electron chi connectivity index (χ4n) is 2.35. The van der Waals surface area contributed by atoms with Gasteiger partial charge in [0.1, 0.15) is 5.82 Å². The Hall–Kier alpha value is -2.14. The summed E-state index contributed by atoms with van der Waals surface area (Å²) in [5, 5.41) is 3.42. The zero-order valence-electron chi connectivity index (χ0n) is 12.2. The second-order valence-corrected chi connectivity index (χ2v) is 5.14. The van der Waals surface area contributed by atoms with Crippen LogP contribution in [0.4, 0.5) is 11.4 Å². The van der Waals surface area contributed by atoms with Gasteiger partial charge in [0.2, 0.25) is 0 Å². The van der Waals surface area contributed by atoms with Crippen LogP contribution in [0.25, 0.3) is 0 Å². The molecule has 1 aromatic carbocycles. The van der Waals surface area contributed by atoms with E-state index in [0.717, 1.165) is 49.9 Å². The third-order valence-electron chi connectivity index (χ3n) is 3.55. The smallest absolute Gasteiger partial charge is 0.125 e. The molecule has 0 spiro atoms. The Morgan fingerprint density at radius 2 is 1.95 bits per heavy atom. The number of hydrogen-bond donors (Lipinski definition) is 1. The number of nitrogens with zero attached hydrogens (tertiary/aromatic N) is 3. The number of rotatable bonds is 4. The number of aromatic nitrogens is 2. The first kappa shape index (κ1) is 13.8. The van der Waals surface area contributed by atoms with E-state index in [9.17, 15) is 0 Å². The molecule has 0 bridgehead atoms. The van der Waals surface area contributed by atoms with Gasteiger partial charge < -0.3 is 15.0 Å². The Morgan fingerprint density at radius 1 is 1.19 bits per heavy atom. The summed E-state index contributed by atoms with van der Waals surface area (Å²) in [7, 11) is 0. The summed E-state index contributed by atoms with van der Waals surface area (Å²) in [4.78, 5) is 10.8. The summed E-state index contributed by atoms with van der Waals surface area (Å²) in [6, 6.07) is 8.49. The third kappa shape index (κ3) is 3.70. The van der Waals surface area contributed by atoms with Crippen LogP contribution in [-0.4, -0.2) is 36.3 Å². The molecule has 1 aromatic heterocycles. The summed E-state index contributed by atoms with van der Waals surface area (Å²) >= 11 is 0. The maximum atomic E-state index is 5.40. The maximum Gasteiger partial charge on any atom is 0.125 e. The predicted octanol–water partition coefficient (Wildman–Crippen LogP) is 2.23. The van der Waals surface area contributed by atoms with E-state index in [2.05, 4.69) is 44.5 Å². The Kier molecular flexibility index (Phi) is 4.31. The summed E-state index contributed by atoms with van der Waals surface area (Å²) < 4.78 is 5.40. The molecule has 0 amide bonds. The number of ether oxygens (including phenoxy) is 1. The quantitative estimate of drug-likeness (QED) is 0.933. The van der Waals surface area contributed by atoms with Crippen molar-refractivity contribution in [1.82, 2.24) is 9.97 Å². The first-order valence-corrected chi connectivity index (χ1v) is 7.25. The summed E-state index contributed by atoms with van der Waals surface area (Å²) in [5.41, 5.74) is 3.43. The van der Waals surface area contributed by atoms with Crippen molar-refractivity contribution in [2.75, 3.05) is 36.5 Å². The summed E-state index contributed by atoms with van der Waals surface area (Å²) in [6.45, 7) is 6.14. The zero-order valence-corrected chi connectivity index (χ0v) is 12.2. The van der Waals surface area contributed by atoms with Gasteiger partial charge >= 0.3 is 0 Å². The molecule has 0 radical (unpaired) electrons. The van der Waals surface area contributed by atoms with Gasteiger partial charge in [0, 0.05) is 49.0 Å². The van der Waals surface area contributed by atoms with Crippen LogP contribution in [0.3, 0.4) is 0 Å². The van der Waals surface area contributed by atoms with E-state index in [1.54, 1.807) is 0 Å². The van der Waals surface area contributed by atoms with Crippen LogP contribution in [-0.2, 0) is 11.3 Å². The van der Waals surface area contributed by atoms with Gasteiger partial charge in [0.25, 0.3) is 0 Å². The highest BCUT2D eigenvalue weighted by molar-refractivity contribution is 5.58. The summed E-state index contributed by atoms with van der Waals surface area (Å²) in [5.74, 6) is 0.799. The van der Waals surface area contributed by atoms with Crippen molar-refractivity contribution >= 4 is 11.4 Å². The topological polar surface area (TPSA) is 50.3 Å². The molecule has 1 aliphatic heterocycles. The lowest BCUT2D eigenvalue weighted by Crippen LogP contribution is -2.36.